The molecule has 4 heteroatoms. The van der Waals surface area contributed by atoms with Crippen LogP contribution in [0.2, 0.25) is 0 Å². The average molecular weight is 199 g/mol. The van der Waals surface area contributed by atoms with Crippen molar-refractivity contribution in [3.05, 3.63) is 0 Å². The molecule has 1 aliphatic carbocycles. The summed E-state index contributed by atoms with van der Waals surface area (Å²) in [6.07, 6.45) is 1.97. The van der Waals surface area contributed by atoms with Gasteiger partial charge in [0.1, 0.15) is 0 Å². The minimum Gasteiger partial charge on any atom is -0.481 e. The molecule has 80 valence electrons. The Labute approximate surface area is 83.8 Å². The molecule has 2 atom stereocenters. The summed E-state index contributed by atoms with van der Waals surface area (Å²) in [7, 11) is 1.77. The predicted octanol–water partition coefficient (Wildman–Crippen LogP) is 0.428. The second-order valence-electron chi connectivity index (χ2n) is 4.36. The van der Waals surface area contributed by atoms with Crippen LogP contribution < -0.4 is 0 Å². The molecule has 0 spiro atoms. The largest absolute Gasteiger partial charge is 0.481 e. The topological polar surface area (TPSA) is 49.8 Å². The third-order valence-corrected chi connectivity index (χ3v) is 3.43. The summed E-state index contributed by atoms with van der Waals surface area (Å²) in [5, 5.41) is 8.57. The Balaban J connectivity index is 1.76. The highest BCUT2D eigenvalue weighted by Gasteiger charge is 2.46. The van der Waals surface area contributed by atoms with E-state index in [1.807, 2.05) is 0 Å². The fourth-order valence-electron chi connectivity index (χ4n) is 2.76. The molecule has 4 nitrogen and oxygen atoms in total. The zero-order valence-corrected chi connectivity index (χ0v) is 8.48. The standard InChI is InChI=1S/C10H17NO3/c1-14-10-7-4-8(10)6-11(5-7)3-2-9(12)13/h7-8,10H,2-6H2,1H3,(H,12,13). The van der Waals surface area contributed by atoms with Gasteiger partial charge in [-0.25, -0.2) is 0 Å². The smallest absolute Gasteiger partial charge is 0.304 e. The van der Waals surface area contributed by atoms with Gasteiger partial charge in [-0.05, 0) is 18.3 Å². The quantitative estimate of drug-likeness (QED) is 0.713. The van der Waals surface area contributed by atoms with Gasteiger partial charge in [0, 0.05) is 26.7 Å². The molecule has 2 aliphatic heterocycles. The molecule has 3 rings (SSSR count). The lowest BCUT2D eigenvalue weighted by molar-refractivity contribution is -0.141. The normalized spacial score (nSPS) is 36.5. The minimum absolute atomic E-state index is 0.261. The fraction of sp³-hybridized carbons (Fsp3) is 0.900. The van der Waals surface area contributed by atoms with Crippen molar-refractivity contribution in [2.75, 3.05) is 26.7 Å². The number of carbonyl (C=O) groups is 1. The number of carboxylic acids is 1. The maximum Gasteiger partial charge on any atom is 0.304 e. The third kappa shape index (κ3) is 1.77. The molecule has 14 heavy (non-hydrogen) atoms. The highest BCUT2D eigenvalue weighted by atomic mass is 16.5. The first kappa shape index (κ1) is 9.93. The van der Waals surface area contributed by atoms with Gasteiger partial charge in [-0.1, -0.05) is 0 Å². The van der Waals surface area contributed by atoms with Gasteiger partial charge < -0.3 is 14.7 Å². The van der Waals surface area contributed by atoms with Crippen LogP contribution in [0.1, 0.15) is 12.8 Å². The van der Waals surface area contributed by atoms with E-state index in [1.54, 1.807) is 7.11 Å². The highest BCUT2D eigenvalue weighted by molar-refractivity contribution is 5.66. The second-order valence-corrected chi connectivity index (χ2v) is 4.36. The molecule has 2 bridgehead atoms. The number of carboxylic acid groups (broad SMARTS) is 1. The second kappa shape index (κ2) is 3.87. The highest BCUT2D eigenvalue weighted by Crippen LogP contribution is 2.41. The van der Waals surface area contributed by atoms with E-state index >= 15 is 0 Å². The third-order valence-electron chi connectivity index (χ3n) is 3.43. The molecular formula is C10H17NO3. The summed E-state index contributed by atoms with van der Waals surface area (Å²) in [4.78, 5) is 12.7. The Kier molecular flexibility index (Phi) is 2.74. The summed E-state index contributed by atoms with van der Waals surface area (Å²) in [5.41, 5.74) is 0. The monoisotopic (exact) mass is 199 g/mol. The van der Waals surface area contributed by atoms with Gasteiger partial charge in [-0.15, -0.1) is 0 Å². The summed E-state index contributed by atoms with van der Waals surface area (Å²) < 4.78 is 5.38. The van der Waals surface area contributed by atoms with E-state index in [9.17, 15) is 4.79 Å². The fourth-order valence-corrected chi connectivity index (χ4v) is 2.76. The Morgan fingerprint density at radius 1 is 1.50 bits per heavy atom. The molecule has 2 saturated heterocycles. The van der Waals surface area contributed by atoms with Gasteiger partial charge in [0.15, 0.2) is 0 Å². The molecule has 2 heterocycles. The average Bonchev–Trinajstić information content (AvgIpc) is 2.16. The number of nitrogens with zero attached hydrogens (tertiary/aromatic N) is 1. The minimum atomic E-state index is -0.701. The molecule has 3 aliphatic rings. The van der Waals surface area contributed by atoms with Crippen molar-refractivity contribution < 1.29 is 14.6 Å². The van der Waals surface area contributed by atoms with Crippen LogP contribution in [0.3, 0.4) is 0 Å². The number of fused-ring (bicyclic) bond motifs is 2. The van der Waals surface area contributed by atoms with Crippen LogP contribution in [0, 0.1) is 11.8 Å². The summed E-state index contributed by atoms with van der Waals surface area (Å²) in [5.74, 6) is 0.590. The molecule has 0 aromatic rings. The SMILES string of the molecule is COC1C2CC1CN(CCC(=O)O)C2. The summed E-state index contributed by atoms with van der Waals surface area (Å²) in [6.45, 7) is 2.73. The first-order chi connectivity index (χ1) is 6.70. The van der Waals surface area contributed by atoms with Gasteiger partial charge >= 0.3 is 5.97 Å². The van der Waals surface area contributed by atoms with Crippen molar-refractivity contribution in [1.82, 2.24) is 4.90 Å². The van der Waals surface area contributed by atoms with Crippen LogP contribution >= 0.6 is 0 Å². The van der Waals surface area contributed by atoms with Crippen LogP contribution in [0.4, 0.5) is 0 Å². The lowest BCUT2D eigenvalue weighted by atomic mass is 9.68. The predicted molar refractivity (Wildman–Crippen MR) is 51.1 cm³/mol. The lowest BCUT2D eigenvalue weighted by Gasteiger charge is -2.52. The molecule has 2 unspecified atom stereocenters. The Bertz CT molecular complexity index is 219. The van der Waals surface area contributed by atoms with E-state index in [0.717, 1.165) is 13.1 Å². The van der Waals surface area contributed by atoms with Crippen molar-refractivity contribution in [2.24, 2.45) is 11.8 Å². The Morgan fingerprint density at radius 3 is 2.64 bits per heavy atom. The first-order valence-electron chi connectivity index (χ1n) is 5.17. The molecule has 0 radical (unpaired) electrons. The molecular weight excluding hydrogens is 182 g/mol. The maximum atomic E-state index is 10.4. The number of piperidine rings is 2. The zero-order valence-electron chi connectivity index (χ0n) is 8.48. The van der Waals surface area contributed by atoms with Gasteiger partial charge in [0.25, 0.3) is 0 Å². The first-order valence-corrected chi connectivity index (χ1v) is 5.17. The molecule has 3 fully saturated rings. The number of hydrogen-bond donors (Lipinski definition) is 1. The number of rotatable bonds is 4. The maximum absolute atomic E-state index is 10.4. The van der Waals surface area contributed by atoms with Gasteiger partial charge in [-0.2, -0.15) is 0 Å². The van der Waals surface area contributed by atoms with E-state index in [2.05, 4.69) is 4.90 Å². The number of methoxy groups -OCH3 is 1. The van der Waals surface area contributed by atoms with E-state index in [4.69, 9.17) is 9.84 Å². The van der Waals surface area contributed by atoms with E-state index in [0.29, 0.717) is 24.5 Å². The molecule has 1 N–H and O–H groups in total. The van der Waals surface area contributed by atoms with Crippen molar-refractivity contribution >= 4 is 5.97 Å². The Morgan fingerprint density at radius 2 is 2.14 bits per heavy atom. The van der Waals surface area contributed by atoms with E-state index in [-0.39, 0.29) is 6.42 Å². The van der Waals surface area contributed by atoms with Crippen LogP contribution in [0.15, 0.2) is 0 Å². The summed E-state index contributed by atoms with van der Waals surface area (Å²) in [6, 6.07) is 0. The molecule has 0 aromatic heterocycles. The van der Waals surface area contributed by atoms with Gasteiger partial charge in [-0.3, -0.25) is 4.79 Å². The van der Waals surface area contributed by atoms with Crippen molar-refractivity contribution in [2.45, 2.75) is 18.9 Å². The molecule has 0 amide bonds. The van der Waals surface area contributed by atoms with Crippen LogP contribution in [-0.4, -0.2) is 48.8 Å². The zero-order chi connectivity index (χ0) is 10.1. The van der Waals surface area contributed by atoms with Gasteiger partial charge in [0.05, 0.1) is 12.5 Å². The van der Waals surface area contributed by atoms with E-state index < -0.39 is 5.97 Å². The van der Waals surface area contributed by atoms with Crippen LogP contribution in [-0.2, 0) is 9.53 Å². The number of aliphatic carboxylic acids is 1. The Hall–Kier alpha value is -0.610. The molecule has 0 aromatic carbocycles. The van der Waals surface area contributed by atoms with Crippen LogP contribution in [0.5, 0.6) is 0 Å². The number of ether oxygens (including phenoxy) is 1. The van der Waals surface area contributed by atoms with Crippen molar-refractivity contribution in [3.8, 4) is 0 Å². The lowest BCUT2D eigenvalue weighted by Crippen LogP contribution is -2.59. The summed E-state index contributed by atoms with van der Waals surface area (Å²) >= 11 is 0. The van der Waals surface area contributed by atoms with Crippen molar-refractivity contribution in [3.63, 3.8) is 0 Å². The van der Waals surface area contributed by atoms with Crippen molar-refractivity contribution in [1.29, 1.82) is 0 Å². The molecule has 1 saturated carbocycles. The van der Waals surface area contributed by atoms with E-state index in [1.165, 1.54) is 6.42 Å². The van der Waals surface area contributed by atoms with Crippen LogP contribution in [0.25, 0.3) is 0 Å². The van der Waals surface area contributed by atoms with Gasteiger partial charge in [0.2, 0.25) is 0 Å². The number of hydrogen-bond acceptors (Lipinski definition) is 3.